The molecule has 6 nitrogen and oxygen atoms in total. The van der Waals surface area contributed by atoms with E-state index in [0.717, 1.165) is 22.0 Å². The van der Waals surface area contributed by atoms with Crippen LogP contribution in [-0.4, -0.2) is 38.8 Å². The van der Waals surface area contributed by atoms with E-state index in [1.54, 1.807) is 11.1 Å². The van der Waals surface area contributed by atoms with Crippen molar-refractivity contribution in [2.45, 2.75) is 32.7 Å². The number of pyridine rings is 1. The van der Waals surface area contributed by atoms with Gasteiger partial charge in [0, 0.05) is 41.3 Å². The van der Waals surface area contributed by atoms with Gasteiger partial charge < -0.3 is 10.2 Å². The van der Waals surface area contributed by atoms with Gasteiger partial charge >= 0.3 is 0 Å². The Morgan fingerprint density at radius 1 is 1.17 bits per heavy atom. The molecule has 0 aliphatic carbocycles. The summed E-state index contributed by atoms with van der Waals surface area (Å²) in [6.07, 6.45) is 2.00. The van der Waals surface area contributed by atoms with Crippen molar-refractivity contribution in [2.24, 2.45) is 5.92 Å². The second-order valence-electron chi connectivity index (χ2n) is 8.40. The van der Waals surface area contributed by atoms with Gasteiger partial charge in [0.15, 0.2) is 0 Å². The number of nitrogens with one attached hydrogen (secondary N) is 1. The molecule has 4 rings (SSSR count). The van der Waals surface area contributed by atoms with Crippen LogP contribution in [-0.2, 0) is 9.59 Å². The molecule has 0 spiro atoms. The van der Waals surface area contributed by atoms with Gasteiger partial charge in [-0.2, -0.15) is 0 Å². The molecular weight excluding hydrogens is 396 g/mol. The normalized spacial score (nSPS) is 16.7. The summed E-state index contributed by atoms with van der Waals surface area (Å²) in [7, 11) is 0. The maximum absolute atomic E-state index is 12.8. The number of hydrogen-bond acceptors (Lipinski definition) is 5. The first-order valence-corrected chi connectivity index (χ1v) is 10.8. The monoisotopic (exact) mass is 420 g/mol. The molecule has 2 amide bonds. The summed E-state index contributed by atoms with van der Waals surface area (Å²) in [4.78, 5) is 35.9. The van der Waals surface area contributed by atoms with Gasteiger partial charge in [0.1, 0.15) is 5.01 Å². The molecule has 1 atom stereocenters. The van der Waals surface area contributed by atoms with Crippen LogP contribution in [0.5, 0.6) is 0 Å². The first-order valence-electron chi connectivity index (χ1n) is 9.90. The minimum Gasteiger partial charge on any atom is -0.337 e. The van der Waals surface area contributed by atoms with Crippen molar-refractivity contribution in [3.8, 4) is 22.0 Å². The van der Waals surface area contributed by atoms with Crippen molar-refractivity contribution in [3.05, 3.63) is 54.0 Å². The highest BCUT2D eigenvalue weighted by atomic mass is 32.1. The van der Waals surface area contributed by atoms with Gasteiger partial charge in [-0.15, -0.1) is 11.3 Å². The summed E-state index contributed by atoms with van der Waals surface area (Å²) in [6, 6.07) is 13.4. The van der Waals surface area contributed by atoms with E-state index in [0.29, 0.717) is 12.2 Å². The van der Waals surface area contributed by atoms with Crippen LogP contribution in [0.15, 0.2) is 54.0 Å². The molecule has 0 radical (unpaired) electrons. The van der Waals surface area contributed by atoms with E-state index in [-0.39, 0.29) is 29.7 Å². The average molecular weight is 421 g/mol. The third-order valence-corrected chi connectivity index (χ3v) is 5.98. The Kier molecular flexibility index (Phi) is 5.39. The number of aromatic nitrogens is 2. The largest absolute Gasteiger partial charge is 0.337 e. The van der Waals surface area contributed by atoms with E-state index < -0.39 is 0 Å². The molecule has 1 aliphatic heterocycles. The van der Waals surface area contributed by atoms with Gasteiger partial charge in [-0.1, -0.05) is 18.2 Å². The summed E-state index contributed by atoms with van der Waals surface area (Å²) >= 11 is 1.54. The Hall–Kier alpha value is -3.06. The number of thiazole rings is 1. The van der Waals surface area contributed by atoms with Crippen LogP contribution in [0.2, 0.25) is 0 Å². The van der Waals surface area contributed by atoms with Gasteiger partial charge in [-0.05, 0) is 45.0 Å². The number of carbonyl (C=O) groups is 2. The third kappa shape index (κ3) is 4.26. The molecule has 2 aromatic heterocycles. The fraction of sp³-hybridized carbons (Fsp3) is 0.304. The molecule has 1 aliphatic rings. The predicted molar refractivity (Wildman–Crippen MR) is 119 cm³/mol. The predicted octanol–water partition coefficient (Wildman–Crippen LogP) is 4.46. The molecule has 1 unspecified atom stereocenters. The molecule has 0 saturated carbocycles. The van der Waals surface area contributed by atoms with E-state index in [2.05, 4.69) is 15.3 Å². The van der Waals surface area contributed by atoms with E-state index >= 15 is 0 Å². The lowest BCUT2D eigenvalue weighted by atomic mass is 10.1. The minimum atomic E-state index is -0.338. The Balaban J connectivity index is 1.48. The smallest absolute Gasteiger partial charge is 0.229 e. The van der Waals surface area contributed by atoms with Crippen molar-refractivity contribution in [1.82, 2.24) is 14.9 Å². The summed E-state index contributed by atoms with van der Waals surface area (Å²) in [5, 5.41) is 5.81. The van der Waals surface area contributed by atoms with Gasteiger partial charge in [0.2, 0.25) is 11.8 Å². The van der Waals surface area contributed by atoms with E-state index in [1.165, 1.54) is 11.3 Å². The number of amides is 2. The van der Waals surface area contributed by atoms with Gasteiger partial charge in [0.25, 0.3) is 0 Å². The molecule has 30 heavy (non-hydrogen) atoms. The molecule has 1 N–H and O–H groups in total. The fourth-order valence-corrected chi connectivity index (χ4v) is 4.35. The highest BCUT2D eigenvalue weighted by Crippen LogP contribution is 2.30. The lowest BCUT2D eigenvalue weighted by Crippen LogP contribution is -2.42. The fourth-order valence-electron chi connectivity index (χ4n) is 3.55. The van der Waals surface area contributed by atoms with Crippen LogP contribution in [0.4, 0.5) is 5.69 Å². The molecule has 0 bridgehead atoms. The Morgan fingerprint density at radius 2 is 2.00 bits per heavy atom. The maximum atomic E-state index is 12.8. The van der Waals surface area contributed by atoms with Crippen LogP contribution in [0.1, 0.15) is 27.2 Å². The summed E-state index contributed by atoms with van der Waals surface area (Å²) in [6.45, 7) is 6.42. The molecule has 1 aromatic carbocycles. The third-order valence-electron chi connectivity index (χ3n) is 5.12. The van der Waals surface area contributed by atoms with Crippen molar-refractivity contribution in [1.29, 1.82) is 0 Å². The number of likely N-dealkylation sites (tertiary alicyclic amines) is 1. The number of carbonyl (C=O) groups excluding carboxylic acids is 2. The Morgan fingerprint density at radius 3 is 2.70 bits per heavy atom. The highest BCUT2D eigenvalue weighted by molar-refractivity contribution is 7.13. The van der Waals surface area contributed by atoms with Crippen molar-refractivity contribution in [2.75, 3.05) is 11.9 Å². The first-order chi connectivity index (χ1) is 14.3. The van der Waals surface area contributed by atoms with Crippen LogP contribution in [0.3, 0.4) is 0 Å². The highest BCUT2D eigenvalue weighted by Gasteiger charge is 2.39. The lowest BCUT2D eigenvalue weighted by molar-refractivity contribution is -0.131. The number of nitrogens with zero attached hydrogens (tertiary/aromatic N) is 3. The van der Waals surface area contributed by atoms with Crippen molar-refractivity contribution in [3.63, 3.8) is 0 Å². The Bertz CT molecular complexity index is 1070. The van der Waals surface area contributed by atoms with Gasteiger partial charge in [0.05, 0.1) is 17.3 Å². The summed E-state index contributed by atoms with van der Waals surface area (Å²) in [5.74, 6) is -0.434. The van der Waals surface area contributed by atoms with Gasteiger partial charge in [-0.3, -0.25) is 14.6 Å². The number of anilines is 1. The first kappa shape index (κ1) is 20.2. The Labute approximate surface area is 180 Å². The molecule has 7 heteroatoms. The quantitative estimate of drug-likeness (QED) is 0.676. The van der Waals surface area contributed by atoms with E-state index in [1.807, 2.05) is 68.6 Å². The molecule has 1 fully saturated rings. The van der Waals surface area contributed by atoms with Gasteiger partial charge in [-0.25, -0.2) is 4.98 Å². The topological polar surface area (TPSA) is 75.2 Å². The standard InChI is InChI=1S/C23H24N4O2S/c1-23(2,3)27-13-16(12-20(27)28)21(29)25-17-8-6-7-15(11-17)19-14-30-22(26-19)18-9-4-5-10-24-18/h4-11,14,16H,12-13H2,1-3H3,(H,25,29). The van der Waals surface area contributed by atoms with Crippen LogP contribution >= 0.6 is 11.3 Å². The van der Waals surface area contributed by atoms with Crippen LogP contribution < -0.4 is 5.32 Å². The maximum Gasteiger partial charge on any atom is 0.229 e. The number of benzene rings is 1. The second-order valence-corrected chi connectivity index (χ2v) is 9.26. The zero-order valence-corrected chi connectivity index (χ0v) is 18.1. The number of hydrogen-bond donors (Lipinski definition) is 1. The molecule has 1 saturated heterocycles. The average Bonchev–Trinajstić information content (AvgIpc) is 3.36. The molecular formula is C23H24N4O2S. The summed E-state index contributed by atoms with van der Waals surface area (Å²) in [5.41, 5.74) is 3.03. The van der Waals surface area contributed by atoms with Crippen molar-refractivity contribution >= 4 is 28.8 Å². The lowest BCUT2D eigenvalue weighted by Gasteiger charge is -2.31. The molecule has 3 aromatic rings. The van der Waals surface area contributed by atoms with E-state index in [4.69, 9.17) is 0 Å². The second kappa shape index (κ2) is 7.99. The SMILES string of the molecule is CC(C)(C)N1CC(C(=O)Nc2cccc(-c3csc(-c4ccccn4)n3)c2)CC1=O. The van der Waals surface area contributed by atoms with Crippen LogP contribution in [0, 0.1) is 5.92 Å². The molecule has 154 valence electrons. The van der Waals surface area contributed by atoms with E-state index in [9.17, 15) is 9.59 Å². The zero-order valence-electron chi connectivity index (χ0n) is 17.3. The minimum absolute atomic E-state index is 0.0286. The van der Waals surface area contributed by atoms with Crippen LogP contribution in [0.25, 0.3) is 22.0 Å². The summed E-state index contributed by atoms with van der Waals surface area (Å²) < 4.78 is 0. The zero-order chi connectivity index (χ0) is 21.3. The number of rotatable bonds is 4. The van der Waals surface area contributed by atoms with Crippen molar-refractivity contribution < 1.29 is 9.59 Å². The molecule has 3 heterocycles.